The van der Waals surface area contributed by atoms with Crippen molar-refractivity contribution in [2.75, 3.05) is 25.0 Å². The van der Waals surface area contributed by atoms with E-state index in [4.69, 9.17) is 0 Å². The van der Waals surface area contributed by atoms with Gasteiger partial charge in [-0.15, -0.1) is 0 Å². The van der Waals surface area contributed by atoms with Gasteiger partial charge in [0, 0.05) is 24.9 Å². The number of rotatable bonds is 7. The Morgan fingerprint density at radius 3 is 2.52 bits per heavy atom. The van der Waals surface area contributed by atoms with E-state index < -0.39 is 0 Å². The first-order valence-electron chi connectivity index (χ1n) is 9.34. The van der Waals surface area contributed by atoms with E-state index in [1.165, 1.54) is 24.1 Å². The molecule has 3 heteroatoms. The molecule has 1 aliphatic heterocycles. The maximum atomic E-state index is 9.26. The molecule has 1 aromatic rings. The van der Waals surface area contributed by atoms with E-state index in [2.05, 4.69) is 48.3 Å². The number of aliphatic hydroxyl groups excluding tert-OH is 1. The number of piperidine rings is 1. The quantitative estimate of drug-likeness (QED) is 0.804. The summed E-state index contributed by atoms with van der Waals surface area (Å²) in [5, 5.41) is 13.0. The lowest BCUT2D eigenvalue weighted by atomic mass is 9.97. The first-order chi connectivity index (χ1) is 11.2. The average Bonchev–Trinajstić information content (AvgIpc) is 3.38. The molecule has 0 radical (unpaired) electrons. The summed E-state index contributed by atoms with van der Waals surface area (Å²) < 4.78 is 0. The number of nitrogens with one attached hydrogen (secondary N) is 1. The van der Waals surface area contributed by atoms with Gasteiger partial charge in [-0.3, -0.25) is 4.90 Å². The van der Waals surface area contributed by atoms with Crippen LogP contribution in [0.1, 0.15) is 45.1 Å². The minimum atomic E-state index is 0.352. The second kappa shape index (κ2) is 7.67. The van der Waals surface area contributed by atoms with E-state index in [0.717, 1.165) is 38.4 Å². The van der Waals surface area contributed by atoms with Crippen LogP contribution in [-0.4, -0.2) is 35.7 Å². The second-order valence-electron chi connectivity index (χ2n) is 7.85. The number of anilines is 1. The molecule has 1 unspecified atom stereocenters. The largest absolute Gasteiger partial charge is 0.396 e. The molecule has 2 aliphatic rings. The Balaban J connectivity index is 1.57. The number of aliphatic hydroxyl groups is 1. The molecule has 1 saturated heterocycles. The normalized spacial score (nSPS) is 21.6. The van der Waals surface area contributed by atoms with Crippen molar-refractivity contribution in [2.45, 2.75) is 52.1 Å². The lowest BCUT2D eigenvalue weighted by molar-refractivity contribution is 0.127. The van der Waals surface area contributed by atoms with Gasteiger partial charge >= 0.3 is 0 Å². The smallest absolute Gasteiger partial charge is 0.0460 e. The topological polar surface area (TPSA) is 35.5 Å². The van der Waals surface area contributed by atoms with Gasteiger partial charge in [-0.25, -0.2) is 0 Å². The zero-order valence-corrected chi connectivity index (χ0v) is 14.7. The maximum absolute atomic E-state index is 9.26. The SMILES string of the molecule is CC(C)C(Nc1cccc(CN2CCC(CO)CC2)c1)C1CC1. The number of hydrogen-bond donors (Lipinski definition) is 2. The predicted molar refractivity (Wildman–Crippen MR) is 96.5 cm³/mol. The highest BCUT2D eigenvalue weighted by atomic mass is 16.3. The van der Waals surface area contributed by atoms with Gasteiger partial charge in [0.15, 0.2) is 0 Å². The number of likely N-dealkylation sites (tertiary alicyclic amines) is 1. The summed E-state index contributed by atoms with van der Waals surface area (Å²) in [7, 11) is 0. The summed E-state index contributed by atoms with van der Waals surface area (Å²) in [5.41, 5.74) is 2.68. The summed E-state index contributed by atoms with van der Waals surface area (Å²) in [6.07, 6.45) is 5.03. The van der Waals surface area contributed by atoms with E-state index >= 15 is 0 Å². The molecule has 2 fully saturated rings. The Morgan fingerprint density at radius 2 is 1.91 bits per heavy atom. The first kappa shape index (κ1) is 16.8. The highest BCUT2D eigenvalue weighted by Gasteiger charge is 2.33. The average molecular weight is 316 g/mol. The van der Waals surface area contributed by atoms with E-state index in [9.17, 15) is 5.11 Å². The minimum Gasteiger partial charge on any atom is -0.396 e. The van der Waals surface area contributed by atoms with E-state index in [0.29, 0.717) is 24.5 Å². The van der Waals surface area contributed by atoms with Crippen molar-refractivity contribution in [3.05, 3.63) is 29.8 Å². The van der Waals surface area contributed by atoms with Gasteiger partial charge < -0.3 is 10.4 Å². The van der Waals surface area contributed by atoms with Crippen LogP contribution in [0.3, 0.4) is 0 Å². The molecule has 1 saturated carbocycles. The van der Waals surface area contributed by atoms with Crippen molar-refractivity contribution in [3.8, 4) is 0 Å². The summed E-state index contributed by atoms with van der Waals surface area (Å²) in [6, 6.07) is 9.58. The maximum Gasteiger partial charge on any atom is 0.0460 e. The molecule has 1 atom stereocenters. The van der Waals surface area contributed by atoms with E-state index in [1.807, 2.05) is 0 Å². The molecular weight excluding hydrogens is 284 g/mol. The van der Waals surface area contributed by atoms with Crippen LogP contribution in [0.2, 0.25) is 0 Å². The molecular formula is C20H32N2O. The third kappa shape index (κ3) is 4.71. The predicted octanol–water partition coefficient (Wildman–Crippen LogP) is 3.74. The number of benzene rings is 1. The van der Waals surface area contributed by atoms with Gasteiger partial charge in [0.25, 0.3) is 0 Å². The second-order valence-corrected chi connectivity index (χ2v) is 7.85. The molecule has 0 spiro atoms. The molecule has 0 bridgehead atoms. The molecule has 1 aliphatic carbocycles. The zero-order valence-electron chi connectivity index (χ0n) is 14.7. The summed E-state index contributed by atoms with van der Waals surface area (Å²) in [5.74, 6) is 2.07. The molecule has 0 amide bonds. The number of nitrogens with zero attached hydrogens (tertiary/aromatic N) is 1. The Labute approximate surface area is 141 Å². The summed E-state index contributed by atoms with van der Waals surface area (Å²) >= 11 is 0. The molecule has 23 heavy (non-hydrogen) atoms. The van der Waals surface area contributed by atoms with Crippen LogP contribution in [0.5, 0.6) is 0 Å². The Kier molecular flexibility index (Phi) is 5.60. The third-order valence-electron chi connectivity index (χ3n) is 5.48. The van der Waals surface area contributed by atoms with Gasteiger partial charge in [-0.1, -0.05) is 26.0 Å². The molecule has 0 aromatic heterocycles. The summed E-state index contributed by atoms with van der Waals surface area (Å²) in [4.78, 5) is 2.52. The Hall–Kier alpha value is -1.06. The van der Waals surface area contributed by atoms with Crippen molar-refractivity contribution in [2.24, 2.45) is 17.8 Å². The van der Waals surface area contributed by atoms with Crippen molar-refractivity contribution in [3.63, 3.8) is 0 Å². The molecule has 3 nitrogen and oxygen atoms in total. The van der Waals surface area contributed by atoms with Crippen LogP contribution in [0.25, 0.3) is 0 Å². The van der Waals surface area contributed by atoms with Crippen molar-refractivity contribution in [1.82, 2.24) is 4.90 Å². The highest BCUT2D eigenvalue weighted by molar-refractivity contribution is 5.47. The zero-order chi connectivity index (χ0) is 16.2. The van der Waals surface area contributed by atoms with Crippen LogP contribution in [-0.2, 0) is 6.54 Å². The fraction of sp³-hybridized carbons (Fsp3) is 0.700. The van der Waals surface area contributed by atoms with Crippen molar-refractivity contribution in [1.29, 1.82) is 0 Å². The van der Waals surface area contributed by atoms with Crippen molar-refractivity contribution < 1.29 is 5.11 Å². The molecule has 1 aromatic carbocycles. The van der Waals surface area contributed by atoms with Crippen molar-refractivity contribution >= 4 is 5.69 Å². The Morgan fingerprint density at radius 1 is 1.17 bits per heavy atom. The van der Waals surface area contributed by atoms with Crippen LogP contribution in [0, 0.1) is 17.8 Å². The van der Waals surface area contributed by atoms with E-state index in [1.54, 1.807) is 0 Å². The van der Waals surface area contributed by atoms with Gasteiger partial charge in [-0.2, -0.15) is 0 Å². The third-order valence-corrected chi connectivity index (χ3v) is 5.48. The lowest BCUT2D eigenvalue weighted by Crippen LogP contribution is -2.34. The van der Waals surface area contributed by atoms with Gasteiger partial charge in [0.1, 0.15) is 0 Å². The Bertz CT molecular complexity index is 488. The first-order valence-corrected chi connectivity index (χ1v) is 9.34. The number of hydrogen-bond acceptors (Lipinski definition) is 3. The van der Waals surface area contributed by atoms with Gasteiger partial charge in [0.05, 0.1) is 0 Å². The minimum absolute atomic E-state index is 0.352. The lowest BCUT2D eigenvalue weighted by Gasteiger charge is -2.31. The molecule has 3 rings (SSSR count). The van der Waals surface area contributed by atoms with Crippen LogP contribution in [0.4, 0.5) is 5.69 Å². The fourth-order valence-electron chi connectivity index (χ4n) is 3.82. The highest BCUT2D eigenvalue weighted by Crippen LogP contribution is 2.37. The van der Waals surface area contributed by atoms with Crippen LogP contribution in [0.15, 0.2) is 24.3 Å². The standard InChI is InChI=1S/C20H32N2O/c1-15(2)20(18-6-7-18)21-19-5-3-4-17(12-19)13-22-10-8-16(14-23)9-11-22/h3-5,12,15-16,18,20-21,23H,6-11,13-14H2,1-2H3. The van der Waals surface area contributed by atoms with Gasteiger partial charge in [-0.05, 0) is 74.2 Å². The monoisotopic (exact) mass is 316 g/mol. The molecule has 1 heterocycles. The van der Waals surface area contributed by atoms with Crippen LogP contribution >= 0.6 is 0 Å². The van der Waals surface area contributed by atoms with Crippen LogP contribution < -0.4 is 5.32 Å². The van der Waals surface area contributed by atoms with E-state index in [-0.39, 0.29) is 0 Å². The molecule has 128 valence electrons. The fourth-order valence-corrected chi connectivity index (χ4v) is 3.82. The summed E-state index contributed by atoms with van der Waals surface area (Å²) in [6.45, 7) is 8.25. The van der Waals surface area contributed by atoms with Gasteiger partial charge in [0.2, 0.25) is 0 Å². The molecule has 2 N–H and O–H groups in total.